The highest BCUT2D eigenvalue weighted by atomic mass is 16.5. The Hall–Kier alpha value is -3.68. The lowest BCUT2D eigenvalue weighted by Gasteiger charge is -2.30. The highest BCUT2D eigenvalue weighted by molar-refractivity contribution is 5.97. The van der Waals surface area contributed by atoms with Crippen LogP contribution in [-0.2, 0) is 30.4 Å². The molecular formula is C31H37N3O5. The number of hydrogen-bond donors (Lipinski definition) is 1. The molecule has 8 nitrogen and oxygen atoms in total. The van der Waals surface area contributed by atoms with Crippen molar-refractivity contribution in [3.05, 3.63) is 71.3 Å². The first-order valence-electron chi connectivity index (χ1n) is 14.1. The number of nitrogens with one attached hydrogen (secondary N) is 1. The molecule has 2 aromatic carbocycles. The molecule has 1 unspecified atom stereocenters. The van der Waals surface area contributed by atoms with Crippen molar-refractivity contribution in [2.75, 3.05) is 13.7 Å². The zero-order chi connectivity index (χ0) is 27.2. The van der Waals surface area contributed by atoms with Crippen molar-refractivity contribution in [2.24, 2.45) is 16.9 Å². The van der Waals surface area contributed by atoms with E-state index in [1.54, 1.807) is 0 Å². The van der Waals surface area contributed by atoms with Gasteiger partial charge >= 0.3 is 5.97 Å². The van der Waals surface area contributed by atoms with E-state index in [-0.39, 0.29) is 42.3 Å². The van der Waals surface area contributed by atoms with E-state index >= 15 is 0 Å². The molecule has 1 atom stereocenters. The van der Waals surface area contributed by atoms with Crippen LogP contribution >= 0.6 is 0 Å². The van der Waals surface area contributed by atoms with Gasteiger partial charge in [-0.15, -0.1) is 5.10 Å². The predicted octanol–water partition coefficient (Wildman–Crippen LogP) is 4.53. The van der Waals surface area contributed by atoms with Crippen LogP contribution in [0.2, 0.25) is 0 Å². The van der Waals surface area contributed by atoms with Crippen molar-refractivity contribution in [3.8, 4) is 0 Å². The Morgan fingerprint density at radius 3 is 2.36 bits per heavy atom. The molecule has 8 heteroatoms. The zero-order valence-corrected chi connectivity index (χ0v) is 22.5. The van der Waals surface area contributed by atoms with E-state index in [0.717, 1.165) is 68.1 Å². The van der Waals surface area contributed by atoms with Gasteiger partial charge in [-0.05, 0) is 67.7 Å². The van der Waals surface area contributed by atoms with Crippen LogP contribution < -0.4 is 5.32 Å². The van der Waals surface area contributed by atoms with Gasteiger partial charge in [-0.25, -0.2) is 5.01 Å². The third kappa shape index (κ3) is 6.49. The SMILES string of the molecule is COC(=O)[C@H]1CC[C@H](NC(=O)C(c2ccc(CN3N=C(c4ccccc4)OCC3=O)cc2)C2CCCC2)CC1. The number of ether oxygens (including phenoxy) is 2. The van der Waals surface area contributed by atoms with Crippen LogP contribution in [0, 0.1) is 11.8 Å². The maximum Gasteiger partial charge on any atom is 0.308 e. The first kappa shape index (κ1) is 26.9. The van der Waals surface area contributed by atoms with E-state index in [0.29, 0.717) is 18.4 Å². The third-order valence-corrected chi connectivity index (χ3v) is 8.29. The lowest BCUT2D eigenvalue weighted by molar-refractivity contribution is -0.146. The number of benzene rings is 2. The van der Waals surface area contributed by atoms with Gasteiger partial charge in [0.15, 0.2) is 6.61 Å². The fourth-order valence-corrected chi connectivity index (χ4v) is 6.11. The van der Waals surface area contributed by atoms with Crippen LogP contribution in [0.5, 0.6) is 0 Å². The van der Waals surface area contributed by atoms with Gasteiger partial charge < -0.3 is 14.8 Å². The van der Waals surface area contributed by atoms with Crippen LogP contribution in [0.3, 0.4) is 0 Å². The highest BCUT2D eigenvalue weighted by Crippen LogP contribution is 2.38. The van der Waals surface area contributed by atoms with Gasteiger partial charge in [0.05, 0.1) is 25.5 Å². The lowest BCUT2D eigenvalue weighted by Crippen LogP contribution is -2.42. The smallest absolute Gasteiger partial charge is 0.308 e. The number of hydrogen-bond acceptors (Lipinski definition) is 6. The molecule has 0 radical (unpaired) electrons. The van der Waals surface area contributed by atoms with Gasteiger partial charge in [0.25, 0.3) is 5.91 Å². The van der Waals surface area contributed by atoms with E-state index in [4.69, 9.17) is 9.47 Å². The topological polar surface area (TPSA) is 97.3 Å². The summed E-state index contributed by atoms with van der Waals surface area (Å²) in [5.41, 5.74) is 2.78. The van der Waals surface area contributed by atoms with Crippen LogP contribution in [0.1, 0.15) is 74.0 Å². The summed E-state index contributed by atoms with van der Waals surface area (Å²) in [5.74, 6) is 0.233. The van der Waals surface area contributed by atoms with E-state index in [1.807, 2.05) is 54.6 Å². The first-order chi connectivity index (χ1) is 19.0. The Bertz CT molecular complexity index is 1180. The van der Waals surface area contributed by atoms with Crippen molar-refractivity contribution >= 4 is 23.7 Å². The van der Waals surface area contributed by atoms with Gasteiger partial charge in [-0.2, -0.15) is 0 Å². The second kappa shape index (κ2) is 12.5. The van der Waals surface area contributed by atoms with Crippen LogP contribution in [0.4, 0.5) is 0 Å². The van der Waals surface area contributed by atoms with Crippen molar-refractivity contribution < 1.29 is 23.9 Å². The van der Waals surface area contributed by atoms with Gasteiger partial charge in [0, 0.05) is 11.6 Å². The fraction of sp³-hybridized carbons (Fsp3) is 0.484. The maximum absolute atomic E-state index is 13.6. The summed E-state index contributed by atoms with van der Waals surface area (Å²) in [6.07, 6.45) is 7.48. The van der Waals surface area contributed by atoms with Crippen molar-refractivity contribution in [2.45, 2.75) is 69.9 Å². The predicted molar refractivity (Wildman–Crippen MR) is 147 cm³/mol. The van der Waals surface area contributed by atoms with Crippen molar-refractivity contribution in [3.63, 3.8) is 0 Å². The summed E-state index contributed by atoms with van der Waals surface area (Å²) in [5, 5.41) is 9.20. The van der Waals surface area contributed by atoms with E-state index in [2.05, 4.69) is 10.4 Å². The fourth-order valence-electron chi connectivity index (χ4n) is 6.11. The molecule has 1 heterocycles. The number of carbonyl (C=O) groups is 3. The molecule has 0 bridgehead atoms. The minimum absolute atomic E-state index is 0.0444. The second-order valence-corrected chi connectivity index (χ2v) is 10.9. The molecular weight excluding hydrogens is 494 g/mol. The minimum Gasteiger partial charge on any atom is -0.469 e. The van der Waals surface area contributed by atoms with E-state index < -0.39 is 0 Å². The number of esters is 1. The van der Waals surface area contributed by atoms with Gasteiger partial charge in [0.2, 0.25) is 11.8 Å². The van der Waals surface area contributed by atoms with E-state index in [1.165, 1.54) is 12.1 Å². The monoisotopic (exact) mass is 531 g/mol. The largest absolute Gasteiger partial charge is 0.469 e. The normalized spacial score (nSPS) is 22.5. The molecule has 2 amide bonds. The molecule has 0 aromatic heterocycles. The van der Waals surface area contributed by atoms with Crippen molar-refractivity contribution in [1.82, 2.24) is 10.3 Å². The molecule has 2 fully saturated rings. The summed E-state index contributed by atoms with van der Waals surface area (Å²) >= 11 is 0. The maximum atomic E-state index is 13.6. The van der Waals surface area contributed by atoms with Gasteiger partial charge in [0.1, 0.15) is 0 Å². The molecule has 0 spiro atoms. The lowest BCUT2D eigenvalue weighted by atomic mass is 9.82. The highest BCUT2D eigenvalue weighted by Gasteiger charge is 2.34. The number of nitrogens with zero attached hydrogens (tertiary/aromatic N) is 2. The average Bonchev–Trinajstić information content (AvgIpc) is 3.50. The Morgan fingerprint density at radius 1 is 1.00 bits per heavy atom. The Balaban J connectivity index is 1.26. The summed E-state index contributed by atoms with van der Waals surface area (Å²) in [6, 6.07) is 17.7. The molecule has 2 aliphatic carbocycles. The molecule has 3 aliphatic rings. The third-order valence-electron chi connectivity index (χ3n) is 8.29. The molecule has 1 aliphatic heterocycles. The summed E-state index contributed by atoms with van der Waals surface area (Å²) < 4.78 is 10.5. The number of methoxy groups -OCH3 is 1. The Morgan fingerprint density at radius 2 is 1.69 bits per heavy atom. The molecule has 1 N–H and O–H groups in total. The Labute approximate surface area is 229 Å². The van der Waals surface area contributed by atoms with Crippen LogP contribution in [0.25, 0.3) is 0 Å². The molecule has 2 aromatic rings. The number of carbonyl (C=O) groups excluding carboxylic acids is 3. The zero-order valence-electron chi connectivity index (χ0n) is 22.5. The average molecular weight is 532 g/mol. The van der Waals surface area contributed by atoms with Crippen LogP contribution in [-0.4, -0.2) is 48.4 Å². The van der Waals surface area contributed by atoms with Crippen LogP contribution in [0.15, 0.2) is 59.7 Å². The second-order valence-electron chi connectivity index (χ2n) is 10.9. The Kier molecular flexibility index (Phi) is 8.59. The number of amides is 2. The molecule has 5 rings (SSSR count). The molecule has 2 saturated carbocycles. The number of rotatable bonds is 8. The quantitative estimate of drug-likeness (QED) is 0.505. The van der Waals surface area contributed by atoms with Gasteiger partial charge in [-0.3, -0.25) is 14.4 Å². The van der Waals surface area contributed by atoms with Crippen molar-refractivity contribution in [1.29, 1.82) is 0 Å². The summed E-state index contributed by atoms with van der Waals surface area (Å²) in [4.78, 5) is 38.0. The molecule has 39 heavy (non-hydrogen) atoms. The first-order valence-corrected chi connectivity index (χ1v) is 14.1. The molecule has 206 valence electrons. The standard InChI is InChI=1S/C31H37N3O5/c1-38-31(37)25-15-17-26(18-16-25)32-29(36)28(22-7-5-6-8-22)23-13-11-21(12-14-23)19-34-27(35)20-39-30(33-34)24-9-3-2-4-10-24/h2-4,9-14,22,25-26,28H,5-8,15-20H2,1H3,(H,32,36)/t25-,26-,28?. The summed E-state index contributed by atoms with van der Waals surface area (Å²) in [7, 11) is 1.43. The molecule has 0 saturated heterocycles. The minimum atomic E-state index is -0.201. The van der Waals surface area contributed by atoms with Gasteiger partial charge in [-0.1, -0.05) is 55.3 Å². The van der Waals surface area contributed by atoms with E-state index in [9.17, 15) is 14.4 Å². The number of hydrazone groups is 1. The summed E-state index contributed by atoms with van der Waals surface area (Å²) in [6.45, 7) is 0.291.